The fourth-order valence-corrected chi connectivity index (χ4v) is 10.7. The summed E-state index contributed by atoms with van der Waals surface area (Å²) in [6.07, 6.45) is 0. The van der Waals surface area contributed by atoms with Crippen LogP contribution in [0.1, 0.15) is 0 Å². The monoisotopic (exact) mass is 795 g/mol. The van der Waals surface area contributed by atoms with Gasteiger partial charge >= 0.3 is 0 Å². The van der Waals surface area contributed by atoms with E-state index >= 15 is 0 Å². The van der Waals surface area contributed by atoms with Gasteiger partial charge in [0.1, 0.15) is 0 Å². The average molecular weight is 796 g/mol. The van der Waals surface area contributed by atoms with Crippen molar-refractivity contribution in [2.24, 2.45) is 0 Å². The van der Waals surface area contributed by atoms with Crippen molar-refractivity contribution in [3.05, 3.63) is 200 Å². The third-order valence-electron chi connectivity index (χ3n) is 12.1. The number of para-hydroxylation sites is 3. The summed E-state index contributed by atoms with van der Waals surface area (Å²) >= 11 is 1.81. The second-order valence-electron chi connectivity index (χ2n) is 15.6. The van der Waals surface area contributed by atoms with Gasteiger partial charge in [0, 0.05) is 69.8 Å². The molecule has 0 amide bonds. The molecule has 0 aliphatic rings. The highest BCUT2D eigenvalue weighted by atomic mass is 32.1. The predicted molar refractivity (Wildman–Crippen MR) is 255 cm³/mol. The molecule has 0 aliphatic heterocycles. The maximum absolute atomic E-state index is 5.20. The van der Waals surface area contributed by atoms with Crippen LogP contribution in [-0.4, -0.2) is 24.1 Å². The third-order valence-corrected chi connectivity index (χ3v) is 13.3. The molecule has 5 nitrogen and oxygen atoms in total. The number of thiophene rings is 1. The summed E-state index contributed by atoms with van der Waals surface area (Å²) in [5.74, 6) is 1.97. The summed E-state index contributed by atoms with van der Waals surface area (Å²) in [5, 5.41) is 9.74. The lowest BCUT2D eigenvalue weighted by Gasteiger charge is -2.11. The Morgan fingerprint density at radius 2 is 0.852 bits per heavy atom. The molecule has 0 fully saturated rings. The highest BCUT2D eigenvalue weighted by Gasteiger charge is 2.22. The normalized spacial score (nSPS) is 11.9. The number of nitrogens with zero attached hydrogens (tertiary/aromatic N) is 5. The Hall–Kier alpha value is -7.93. The van der Waals surface area contributed by atoms with Crippen LogP contribution in [0.4, 0.5) is 0 Å². The van der Waals surface area contributed by atoms with Crippen molar-refractivity contribution in [2.75, 3.05) is 0 Å². The molecule has 4 heterocycles. The van der Waals surface area contributed by atoms with Crippen LogP contribution in [-0.2, 0) is 0 Å². The van der Waals surface area contributed by atoms with Crippen molar-refractivity contribution in [1.82, 2.24) is 24.1 Å². The Balaban J connectivity index is 1.07. The van der Waals surface area contributed by atoms with Crippen molar-refractivity contribution < 1.29 is 0 Å². The first-order chi connectivity index (χ1) is 30.2. The zero-order valence-corrected chi connectivity index (χ0v) is 33.5. The van der Waals surface area contributed by atoms with Crippen LogP contribution in [0.25, 0.3) is 120 Å². The Morgan fingerprint density at radius 3 is 1.48 bits per heavy atom. The number of aromatic nitrogens is 5. The molecular weight excluding hydrogens is 763 g/mol. The summed E-state index contributed by atoms with van der Waals surface area (Å²) in [6.45, 7) is 0. The smallest absolute Gasteiger partial charge is 0.165 e. The maximum Gasteiger partial charge on any atom is 0.165 e. The number of benzene rings is 9. The van der Waals surface area contributed by atoms with Crippen LogP contribution in [0, 0.1) is 0 Å². The van der Waals surface area contributed by atoms with E-state index in [1.165, 1.54) is 64.5 Å². The summed E-state index contributed by atoms with van der Waals surface area (Å²) < 4.78 is 7.22. The van der Waals surface area contributed by atoms with Gasteiger partial charge in [0.2, 0.25) is 0 Å². The van der Waals surface area contributed by atoms with Crippen LogP contribution >= 0.6 is 11.3 Å². The summed E-state index contributed by atoms with van der Waals surface area (Å²) in [7, 11) is 0. The Kier molecular flexibility index (Phi) is 7.41. The molecule has 9 aromatic carbocycles. The van der Waals surface area contributed by atoms with Gasteiger partial charge in [0.15, 0.2) is 17.5 Å². The first-order valence-electron chi connectivity index (χ1n) is 20.5. The van der Waals surface area contributed by atoms with E-state index in [0.717, 1.165) is 38.2 Å². The first kappa shape index (κ1) is 34.0. The predicted octanol–water partition coefficient (Wildman–Crippen LogP) is 14.6. The van der Waals surface area contributed by atoms with Crippen molar-refractivity contribution >= 4 is 85.9 Å². The van der Waals surface area contributed by atoms with Gasteiger partial charge in [-0.1, -0.05) is 146 Å². The van der Waals surface area contributed by atoms with Crippen LogP contribution in [0.2, 0.25) is 0 Å². The third kappa shape index (κ3) is 5.22. The molecule has 0 saturated heterocycles. The SMILES string of the molecule is c1ccc(-c2nc(-c3ccccc3)nc(-c3cc4ccccc4c4c3sc3cc(-n5c6ccccc6c6cc7c(cc65)c5ccccc5n7-c5ccccc5)ccc34)n2)cc1. The van der Waals surface area contributed by atoms with E-state index in [9.17, 15) is 0 Å². The van der Waals surface area contributed by atoms with Gasteiger partial charge in [-0.2, -0.15) is 0 Å². The molecule has 6 heteroatoms. The lowest BCUT2D eigenvalue weighted by molar-refractivity contribution is 1.08. The molecular formula is C55H33N5S. The van der Waals surface area contributed by atoms with Crippen LogP contribution in [0.3, 0.4) is 0 Å². The molecule has 4 aromatic heterocycles. The van der Waals surface area contributed by atoms with Crippen LogP contribution in [0.5, 0.6) is 0 Å². The minimum Gasteiger partial charge on any atom is -0.309 e. The van der Waals surface area contributed by atoms with E-state index in [1.807, 2.05) is 47.7 Å². The van der Waals surface area contributed by atoms with E-state index in [0.29, 0.717) is 17.5 Å². The van der Waals surface area contributed by atoms with E-state index < -0.39 is 0 Å². The fourth-order valence-electron chi connectivity index (χ4n) is 9.41. The van der Waals surface area contributed by atoms with E-state index in [4.69, 9.17) is 15.0 Å². The molecule has 0 unspecified atom stereocenters. The molecule has 0 saturated carbocycles. The Morgan fingerprint density at radius 1 is 0.344 bits per heavy atom. The number of rotatable bonds is 5. The van der Waals surface area contributed by atoms with Crippen molar-refractivity contribution in [1.29, 1.82) is 0 Å². The van der Waals surface area contributed by atoms with Gasteiger partial charge in [-0.3, -0.25) is 0 Å². The lowest BCUT2D eigenvalue weighted by Crippen LogP contribution is -2.00. The molecule has 13 rings (SSSR count). The van der Waals surface area contributed by atoms with Gasteiger partial charge in [-0.05, 0) is 65.4 Å². The van der Waals surface area contributed by atoms with Gasteiger partial charge in [0.25, 0.3) is 0 Å². The largest absolute Gasteiger partial charge is 0.309 e. The Bertz CT molecular complexity index is 3810. The molecule has 61 heavy (non-hydrogen) atoms. The molecule has 0 atom stereocenters. The molecule has 0 aliphatic carbocycles. The van der Waals surface area contributed by atoms with Crippen molar-refractivity contribution in [2.45, 2.75) is 0 Å². The summed E-state index contributed by atoms with van der Waals surface area (Å²) in [5.41, 5.74) is 9.95. The van der Waals surface area contributed by atoms with Gasteiger partial charge in [0.05, 0.1) is 22.1 Å². The maximum atomic E-state index is 5.20. The average Bonchev–Trinajstić information content (AvgIpc) is 3.98. The summed E-state index contributed by atoms with van der Waals surface area (Å²) in [4.78, 5) is 15.4. The number of fused-ring (bicyclic) bond motifs is 11. The quantitative estimate of drug-likeness (QED) is 0.174. The lowest BCUT2D eigenvalue weighted by atomic mass is 10.00. The number of hydrogen-bond acceptors (Lipinski definition) is 4. The number of hydrogen-bond donors (Lipinski definition) is 0. The molecule has 0 N–H and O–H groups in total. The highest BCUT2D eigenvalue weighted by molar-refractivity contribution is 7.26. The van der Waals surface area contributed by atoms with Gasteiger partial charge < -0.3 is 9.13 Å². The van der Waals surface area contributed by atoms with Gasteiger partial charge in [-0.25, -0.2) is 15.0 Å². The van der Waals surface area contributed by atoms with Crippen LogP contribution in [0.15, 0.2) is 200 Å². The first-order valence-corrected chi connectivity index (χ1v) is 21.3. The fraction of sp³-hybridized carbons (Fsp3) is 0. The minimum atomic E-state index is 0.654. The summed E-state index contributed by atoms with van der Waals surface area (Å²) in [6, 6.07) is 71.4. The molecule has 284 valence electrons. The second-order valence-corrected chi connectivity index (χ2v) is 16.6. The van der Waals surface area contributed by atoms with Crippen molar-refractivity contribution in [3.8, 4) is 45.5 Å². The highest BCUT2D eigenvalue weighted by Crippen LogP contribution is 2.46. The molecule has 0 spiro atoms. The minimum absolute atomic E-state index is 0.654. The molecule has 13 aromatic rings. The zero-order chi connectivity index (χ0) is 40.0. The molecule has 0 radical (unpaired) electrons. The Labute approximate surface area is 354 Å². The standard InChI is InChI=1S/C55H33N5S/c1-4-16-34(17-5-1)53-56-54(35-18-6-2-7-19-35)58-55(57-53)45-30-36-20-10-11-23-39(36)51-42-29-28-38(31-50(42)61-52(45)51)60-47-27-15-13-25-41(47)44-32-48-43(33-49(44)60)40-24-12-14-26-46(40)59(48)37-21-8-3-9-22-37/h1-33H. The van der Waals surface area contributed by atoms with Crippen LogP contribution < -0.4 is 0 Å². The van der Waals surface area contributed by atoms with E-state index in [-0.39, 0.29) is 0 Å². The topological polar surface area (TPSA) is 48.5 Å². The molecule has 0 bridgehead atoms. The van der Waals surface area contributed by atoms with Gasteiger partial charge in [-0.15, -0.1) is 11.3 Å². The zero-order valence-electron chi connectivity index (χ0n) is 32.7. The van der Waals surface area contributed by atoms with E-state index in [1.54, 1.807) is 0 Å². The van der Waals surface area contributed by atoms with E-state index in [2.05, 4.69) is 173 Å². The second kappa shape index (κ2) is 13.3. The van der Waals surface area contributed by atoms with Crippen molar-refractivity contribution in [3.63, 3.8) is 0 Å².